The number of methoxy groups -OCH3 is 1. The second-order valence-electron chi connectivity index (χ2n) is 6.17. The van der Waals surface area contributed by atoms with Gasteiger partial charge in [-0.05, 0) is 36.6 Å². The molecule has 2 N–H and O–H groups in total. The maximum absolute atomic E-state index is 11.6. The summed E-state index contributed by atoms with van der Waals surface area (Å²) in [4.78, 5) is 18.6. The zero-order valence-electron chi connectivity index (χ0n) is 16.2. The molecule has 0 aliphatic rings. The molecule has 0 bridgehead atoms. The second-order valence-corrected chi connectivity index (χ2v) is 6.17. The Kier molecular flexibility index (Phi) is 8.35. The number of unbranched alkanes of at least 4 members (excludes halogenated alkanes) is 2. The van der Waals surface area contributed by atoms with Gasteiger partial charge in [0.05, 0.1) is 19.9 Å². The minimum atomic E-state index is -0.197. The van der Waals surface area contributed by atoms with Gasteiger partial charge in [0, 0.05) is 11.8 Å². The van der Waals surface area contributed by atoms with E-state index in [-0.39, 0.29) is 5.56 Å². The molecule has 0 unspecified atom stereocenters. The molecule has 27 heavy (non-hydrogen) atoms. The number of aromatic nitrogens is 2. The van der Waals surface area contributed by atoms with Gasteiger partial charge in [-0.25, -0.2) is 10.4 Å². The molecular formula is C20H28N4O3. The van der Waals surface area contributed by atoms with Crippen molar-refractivity contribution in [3.05, 3.63) is 45.9 Å². The lowest BCUT2D eigenvalue weighted by Crippen LogP contribution is -2.12. The highest BCUT2D eigenvalue weighted by atomic mass is 16.5. The van der Waals surface area contributed by atoms with Gasteiger partial charge in [0.1, 0.15) is 0 Å². The zero-order chi connectivity index (χ0) is 19.5. The Morgan fingerprint density at radius 1 is 1.19 bits per heavy atom. The number of benzene rings is 1. The number of nitrogens with one attached hydrogen (secondary N) is 2. The summed E-state index contributed by atoms with van der Waals surface area (Å²) in [6, 6.07) is 7.12. The van der Waals surface area contributed by atoms with Gasteiger partial charge in [-0.3, -0.25) is 9.78 Å². The van der Waals surface area contributed by atoms with Crippen LogP contribution < -0.4 is 20.5 Å². The van der Waals surface area contributed by atoms with Crippen LogP contribution in [0, 0.1) is 0 Å². The minimum Gasteiger partial charge on any atom is -0.493 e. The van der Waals surface area contributed by atoms with Crippen LogP contribution in [0.1, 0.15) is 50.8 Å². The van der Waals surface area contributed by atoms with Crippen LogP contribution in [0.2, 0.25) is 0 Å². The van der Waals surface area contributed by atoms with Crippen molar-refractivity contribution in [1.82, 2.24) is 9.97 Å². The molecule has 0 aliphatic heterocycles. The second kappa shape index (κ2) is 11.0. The Morgan fingerprint density at radius 3 is 2.78 bits per heavy atom. The lowest BCUT2D eigenvalue weighted by molar-refractivity contribution is 0.286. The first kappa shape index (κ1) is 20.5. The molecule has 1 aromatic carbocycles. The predicted octanol–water partition coefficient (Wildman–Crippen LogP) is 3.75. The van der Waals surface area contributed by atoms with Crippen LogP contribution in [-0.4, -0.2) is 29.9 Å². The SMILES string of the molecule is CCCCCOc1ccc(C=NNc2nc(CCC)cc(=O)[nH]2)cc1OC. The molecule has 0 amide bonds. The van der Waals surface area contributed by atoms with E-state index in [0.29, 0.717) is 18.3 Å². The van der Waals surface area contributed by atoms with E-state index in [9.17, 15) is 4.79 Å². The number of ether oxygens (including phenoxy) is 2. The molecule has 7 nitrogen and oxygen atoms in total. The van der Waals surface area contributed by atoms with Gasteiger partial charge in [0.25, 0.3) is 5.56 Å². The van der Waals surface area contributed by atoms with E-state index >= 15 is 0 Å². The summed E-state index contributed by atoms with van der Waals surface area (Å²) in [6.07, 6.45) is 6.63. The average molecular weight is 372 g/mol. The Labute approximate surface area is 159 Å². The van der Waals surface area contributed by atoms with Gasteiger partial charge in [-0.15, -0.1) is 0 Å². The van der Waals surface area contributed by atoms with Crippen molar-refractivity contribution in [3.8, 4) is 11.5 Å². The maximum atomic E-state index is 11.6. The molecule has 1 heterocycles. The van der Waals surface area contributed by atoms with Crippen LogP contribution >= 0.6 is 0 Å². The fourth-order valence-corrected chi connectivity index (χ4v) is 2.53. The third kappa shape index (κ3) is 6.77. The molecule has 1 aromatic heterocycles. The van der Waals surface area contributed by atoms with Crippen LogP contribution in [0.3, 0.4) is 0 Å². The molecule has 2 rings (SSSR count). The van der Waals surface area contributed by atoms with E-state index in [1.807, 2.05) is 25.1 Å². The Balaban J connectivity index is 2.01. The predicted molar refractivity (Wildman–Crippen MR) is 108 cm³/mol. The average Bonchev–Trinajstić information content (AvgIpc) is 2.66. The number of aryl methyl sites for hydroxylation is 1. The molecule has 0 spiro atoms. The van der Waals surface area contributed by atoms with Crippen LogP contribution in [0.4, 0.5) is 5.95 Å². The van der Waals surface area contributed by atoms with Gasteiger partial charge in [0.15, 0.2) is 11.5 Å². The zero-order valence-corrected chi connectivity index (χ0v) is 16.2. The van der Waals surface area contributed by atoms with Crippen molar-refractivity contribution in [1.29, 1.82) is 0 Å². The van der Waals surface area contributed by atoms with Crippen LogP contribution in [0.25, 0.3) is 0 Å². The molecule has 0 saturated carbocycles. The van der Waals surface area contributed by atoms with Crippen LogP contribution in [0.15, 0.2) is 34.2 Å². The Morgan fingerprint density at radius 2 is 2.04 bits per heavy atom. The number of aromatic amines is 1. The van der Waals surface area contributed by atoms with Gasteiger partial charge in [-0.2, -0.15) is 5.10 Å². The molecule has 0 atom stereocenters. The van der Waals surface area contributed by atoms with E-state index in [1.54, 1.807) is 13.3 Å². The third-order valence-electron chi connectivity index (χ3n) is 3.88. The van der Waals surface area contributed by atoms with E-state index < -0.39 is 0 Å². The number of nitrogens with zero attached hydrogens (tertiary/aromatic N) is 2. The summed E-state index contributed by atoms with van der Waals surface area (Å²) in [5.74, 6) is 1.70. The fourth-order valence-electron chi connectivity index (χ4n) is 2.53. The van der Waals surface area contributed by atoms with Gasteiger partial charge in [0.2, 0.25) is 5.95 Å². The molecule has 0 radical (unpaired) electrons. The van der Waals surface area contributed by atoms with Crippen molar-refractivity contribution in [2.75, 3.05) is 19.1 Å². The number of hydrogen-bond acceptors (Lipinski definition) is 6. The number of rotatable bonds is 11. The first-order valence-electron chi connectivity index (χ1n) is 9.36. The van der Waals surface area contributed by atoms with Gasteiger partial charge >= 0.3 is 0 Å². The quantitative estimate of drug-likeness (QED) is 0.356. The summed E-state index contributed by atoms with van der Waals surface area (Å²) < 4.78 is 11.2. The van der Waals surface area contributed by atoms with Crippen molar-refractivity contribution in [3.63, 3.8) is 0 Å². The van der Waals surface area contributed by atoms with Crippen molar-refractivity contribution in [2.45, 2.75) is 46.0 Å². The monoisotopic (exact) mass is 372 g/mol. The van der Waals surface area contributed by atoms with Crippen LogP contribution in [-0.2, 0) is 6.42 Å². The molecule has 2 aromatic rings. The standard InChI is InChI=1S/C20H28N4O3/c1-4-6-7-11-27-17-10-9-15(12-18(17)26-3)14-21-24-20-22-16(8-5-2)13-19(25)23-20/h9-10,12-14H,4-8,11H2,1-3H3,(H2,22,23,24,25). The first-order valence-corrected chi connectivity index (χ1v) is 9.36. The molecular weight excluding hydrogens is 344 g/mol. The number of hydrogen-bond donors (Lipinski definition) is 2. The summed E-state index contributed by atoms with van der Waals surface area (Å²) >= 11 is 0. The topological polar surface area (TPSA) is 88.6 Å². The molecule has 0 saturated heterocycles. The fraction of sp³-hybridized carbons (Fsp3) is 0.450. The normalized spacial score (nSPS) is 10.9. The van der Waals surface area contributed by atoms with Crippen molar-refractivity contribution < 1.29 is 9.47 Å². The number of anilines is 1. The largest absolute Gasteiger partial charge is 0.493 e. The molecule has 0 fully saturated rings. The lowest BCUT2D eigenvalue weighted by Gasteiger charge is -2.11. The molecule has 0 aliphatic carbocycles. The molecule has 146 valence electrons. The van der Waals surface area contributed by atoms with E-state index in [1.165, 1.54) is 6.07 Å². The summed E-state index contributed by atoms with van der Waals surface area (Å²) in [6.45, 7) is 4.87. The van der Waals surface area contributed by atoms with Crippen molar-refractivity contribution in [2.24, 2.45) is 5.10 Å². The van der Waals surface area contributed by atoms with Crippen LogP contribution in [0.5, 0.6) is 11.5 Å². The highest BCUT2D eigenvalue weighted by molar-refractivity contribution is 5.81. The summed E-state index contributed by atoms with van der Waals surface area (Å²) in [5.41, 5.74) is 4.15. The van der Waals surface area contributed by atoms with E-state index in [2.05, 4.69) is 27.4 Å². The highest BCUT2D eigenvalue weighted by Gasteiger charge is 2.05. The lowest BCUT2D eigenvalue weighted by atomic mass is 10.2. The Bertz CT molecular complexity index is 802. The summed E-state index contributed by atoms with van der Waals surface area (Å²) in [7, 11) is 1.61. The molecule has 7 heteroatoms. The highest BCUT2D eigenvalue weighted by Crippen LogP contribution is 2.27. The first-order chi connectivity index (χ1) is 13.2. The Hall–Kier alpha value is -2.83. The smallest absolute Gasteiger partial charge is 0.252 e. The third-order valence-corrected chi connectivity index (χ3v) is 3.88. The van der Waals surface area contributed by atoms with E-state index in [4.69, 9.17) is 9.47 Å². The minimum absolute atomic E-state index is 0.197. The maximum Gasteiger partial charge on any atom is 0.252 e. The number of H-pyrrole nitrogens is 1. The van der Waals surface area contributed by atoms with Gasteiger partial charge in [-0.1, -0.05) is 33.1 Å². The summed E-state index contributed by atoms with van der Waals surface area (Å²) in [5, 5.41) is 4.14. The van der Waals surface area contributed by atoms with Gasteiger partial charge < -0.3 is 9.47 Å². The van der Waals surface area contributed by atoms with Crippen molar-refractivity contribution >= 4 is 12.2 Å². The van der Waals surface area contributed by atoms with E-state index in [0.717, 1.165) is 49.1 Å². The number of hydrazone groups is 1.